The summed E-state index contributed by atoms with van der Waals surface area (Å²) in [6, 6.07) is 3.44. The lowest BCUT2D eigenvalue weighted by molar-refractivity contribution is 0.101. The SMILES string of the molecule is Cc1noc(NC(=O)c2cn(C3CCC(O)CC3)c3ncccc3c2=O)c1C. The van der Waals surface area contributed by atoms with Crippen LogP contribution in [0.3, 0.4) is 0 Å². The highest BCUT2D eigenvalue weighted by Crippen LogP contribution is 2.30. The van der Waals surface area contributed by atoms with E-state index < -0.39 is 5.91 Å². The zero-order valence-electron chi connectivity index (χ0n) is 15.8. The molecular weight excluding hydrogens is 360 g/mol. The Bertz CT molecular complexity index is 1090. The van der Waals surface area contributed by atoms with Gasteiger partial charge in [-0.05, 0) is 51.7 Å². The summed E-state index contributed by atoms with van der Waals surface area (Å²) >= 11 is 0. The first-order valence-corrected chi connectivity index (χ1v) is 9.38. The Kier molecular flexibility index (Phi) is 4.72. The Morgan fingerprint density at radius 2 is 2.04 bits per heavy atom. The lowest BCUT2D eigenvalue weighted by atomic mass is 9.92. The van der Waals surface area contributed by atoms with Gasteiger partial charge in [0, 0.05) is 24.0 Å². The van der Waals surface area contributed by atoms with Crippen LogP contribution in [-0.2, 0) is 0 Å². The fourth-order valence-corrected chi connectivity index (χ4v) is 3.66. The van der Waals surface area contributed by atoms with E-state index in [4.69, 9.17) is 4.52 Å². The fourth-order valence-electron chi connectivity index (χ4n) is 3.66. The Labute approximate surface area is 161 Å². The number of anilines is 1. The molecule has 0 aliphatic heterocycles. The third kappa shape index (κ3) is 3.20. The summed E-state index contributed by atoms with van der Waals surface area (Å²) < 4.78 is 7.04. The minimum Gasteiger partial charge on any atom is -0.393 e. The molecule has 0 radical (unpaired) electrons. The van der Waals surface area contributed by atoms with Crippen LogP contribution in [0, 0.1) is 13.8 Å². The molecule has 3 aromatic heterocycles. The number of rotatable bonds is 3. The van der Waals surface area contributed by atoms with Crippen molar-refractivity contribution in [2.45, 2.75) is 51.7 Å². The molecule has 8 nitrogen and oxygen atoms in total. The second-order valence-corrected chi connectivity index (χ2v) is 7.29. The standard InChI is InChI=1S/C20H22N4O4/c1-11-12(2)23-28-20(11)22-19(27)16-10-24(13-5-7-14(25)8-6-13)18-15(17(16)26)4-3-9-21-18/h3-4,9-10,13-14,25H,5-8H2,1-2H3,(H,22,27). The molecule has 1 aliphatic rings. The minimum atomic E-state index is -0.542. The van der Waals surface area contributed by atoms with Crippen LogP contribution in [0.25, 0.3) is 11.0 Å². The van der Waals surface area contributed by atoms with Crippen molar-refractivity contribution in [3.8, 4) is 0 Å². The van der Waals surface area contributed by atoms with Crippen LogP contribution < -0.4 is 10.7 Å². The van der Waals surface area contributed by atoms with E-state index in [1.807, 2.05) is 4.57 Å². The first-order chi connectivity index (χ1) is 13.5. The number of nitrogens with one attached hydrogen (secondary N) is 1. The summed E-state index contributed by atoms with van der Waals surface area (Å²) in [6.07, 6.45) is 5.81. The topological polar surface area (TPSA) is 110 Å². The molecule has 28 heavy (non-hydrogen) atoms. The van der Waals surface area contributed by atoms with Gasteiger partial charge in [0.1, 0.15) is 11.2 Å². The third-order valence-corrected chi connectivity index (χ3v) is 5.48. The number of pyridine rings is 2. The van der Waals surface area contributed by atoms with Crippen molar-refractivity contribution >= 4 is 22.8 Å². The van der Waals surface area contributed by atoms with Gasteiger partial charge in [-0.2, -0.15) is 0 Å². The number of hydrogen-bond acceptors (Lipinski definition) is 6. The Balaban J connectivity index is 1.78. The summed E-state index contributed by atoms with van der Waals surface area (Å²) in [5.41, 5.74) is 1.60. The predicted octanol–water partition coefficient (Wildman–Crippen LogP) is 2.73. The summed E-state index contributed by atoms with van der Waals surface area (Å²) in [5.74, 6) is -0.305. The van der Waals surface area contributed by atoms with Gasteiger partial charge in [-0.1, -0.05) is 5.16 Å². The molecule has 0 aromatic carbocycles. The van der Waals surface area contributed by atoms with Gasteiger partial charge in [-0.15, -0.1) is 0 Å². The average molecular weight is 382 g/mol. The maximum absolute atomic E-state index is 12.9. The quantitative estimate of drug-likeness (QED) is 0.721. The predicted molar refractivity (Wildman–Crippen MR) is 103 cm³/mol. The summed E-state index contributed by atoms with van der Waals surface area (Å²) in [5, 5.41) is 16.7. The molecule has 3 heterocycles. The maximum atomic E-state index is 12.9. The van der Waals surface area contributed by atoms with Crippen LogP contribution in [-0.4, -0.2) is 31.8 Å². The lowest BCUT2D eigenvalue weighted by Gasteiger charge is -2.28. The number of amides is 1. The second-order valence-electron chi connectivity index (χ2n) is 7.29. The van der Waals surface area contributed by atoms with Crippen LogP contribution in [0.2, 0.25) is 0 Å². The van der Waals surface area contributed by atoms with Crippen molar-refractivity contribution in [1.29, 1.82) is 0 Å². The van der Waals surface area contributed by atoms with E-state index in [2.05, 4.69) is 15.5 Å². The zero-order valence-corrected chi connectivity index (χ0v) is 15.8. The van der Waals surface area contributed by atoms with Gasteiger partial charge in [-0.3, -0.25) is 14.9 Å². The maximum Gasteiger partial charge on any atom is 0.263 e. The number of aliphatic hydroxyl groups is 1. The molecule has 146 valence electrons. The van der Waals surface area contributed by atoms with E-state index in [0.29, 0.717) is 29.6 Å². The fraction of sp³-hybridized carbons (Fsp3) is 0.400. The normalized spacial score (nSPS) is 19.7. The molecule has 0 spiro atoms. The van der Waals surface area contributed by atoms with Crippen LogP contribution in [0.5, 0.6) is 0 Å². The number of fused-ring (bicyclic) bond motifs is 1. The molecule has 0 saturated heterocycles. The zero-order chi connectivity index (χ0) is 19.8. The van der Waals surface area contributed by atoms with Crippen molar-refractivity contribution in [2.24, 2.45) is 0 Å². The number of nitrogens with zero attached hydrogens (tertiary/aromatic N) is 3. The van der Waals surface area contributed by atoms with E-state index in [1.165, 1.54) is 0 Å². The van der Waals surface area contributed by atoms with Gasteiger partial charge in [-0.25, -0.2) is 4.98 Å². The summed E-state index contributed by atoms with van der Waals surface area (Å²) in [6.45, 7) is 3.57. The third-order valence-electron chi connectivity index (χ3n) is 5.48. The monoisotopic (exact) mass is 382 g/mol. The summed E-state index contributed by atoms with van der Waals surface area (Å²) in [7, 11) is 0. The van der Waals surface area contributed by atoms with Crippen LogP contribution in [0.15, 0.2) is 33.8 Å². The molecule has 2 N–H and O–H groups in total. The average Bonchev–Trinajstić information content (AvgIpc) is 3.01. The molecule has 0 bridgehead atoms. The largest absolute Gasteiger partial charge is 0.393 e. The van der Waals surface area contributed by atoms with Crippen molar-refractivity contribution in [2.75, 3.05) is 5.32 Å². The first kappa shape index (κ1) is 18.4. The van der Waals surface area contributed by atoms with E-state index in [0.717, 1.165) is 18.4 Å². The molecule has 0 atom stereocenters. The van der Waals surface area contributed by atoms with Crippen LogP contribution in [0.4, 0.5) is 5.88 Å². The molecule has 3 aromatic rings. The lowest BCUT2D eigenvalue weighted by Crippen LogP contribution is -2.27. The smallest absolute Gasteiger partial charge is 0.263 e. The van der Waals surface area contributed by atoms with Crippen LogP contribution >= 0.6 is 0 Å². The highest BCUT2D eigenvalue weighted by atomic mass is 16.5. The van der Waals surface area contributed by atoms with E-state index >= 15 is 0 Å². The van der Waals surface area contributed by atoms with Gasteiger partial charge >= 0.3 is 0 Å². The number of hydrogen-bond donors (Lipinski definition) is 2. The molecular formula is C20H22N4O4. The first-order valence-electron chi connectivity index (χ1n) is 9.38. The van der Waals surface area contributed by atoms with Gasteiger partial charge < -0.3 is 14.2 Å². The van der Waals surface area contributed by atoms with Crippen molar-refractivity contribution in [3.05, 3.63) is 51.6 Å². The highest BCUT2D eigenvalue weighted by molar-refractivity contribution is 6.05. The molecule has 1 saturated carbocycles. The van der Waals surface area contributed by atoms with Crippen molar-refractivity contribution < 1.29 is 14.4 Å². The number of carbonyl (C=O) groups excluding carboxylic acids is 1. The Hall–Kier alpha value is -3.00. The van der Waals surface area contributed by atoms with Gasteiger partial charge in [0.25, 0.3) is 5.91 Å². The molecule has 1 amide bonds. The molecule has 0 unspecified atom stereocenters. The number of carbonyl (C=O) groups is 1. The Morgan fingerprint density at radius 1 is 1.29 bits per heavy atom. The van der Waals surface area contributed by atoms with Gasteiger partial charge in [0.15, 0.2) is 0 Å². The van der Waals surface area contributed by atoms with Gasteiger partial charge in [0.05, 0.1) is 17.2 Å². The van der Waals surface area contributed by atoms with Gasteiger partial charge in [0.2, 0.25) is 11.3 Å². The van der Waals surface area contributed by atoms with Crippen molar-refractivity contribution in [3.63, 3.8) is 0 Å². The molecule has 4 rings (SSSR count). The highest BCUT2D eigenvalue weighted by Gasteiger charge is 2.25. The van der Waals surface area contributed by atoms with E-state index in [9.17, 15) is 14.7 Å². The minimum absolute atomic E-state index is 0.0278. The number of aliphatic hydroxyl groups excluding tert-OH is 1. The molecule has 1 fully saturated rings. The summed E-state index contributed by atoms with van der Waals surface area (Å²) in [4.78, 5) is 30.2. The van der Waals surface area contributed by atoms with Crippen LogP contribution in [0.1, 0.15) is 53.3 Å². The van der Waals surface area contributed by atoms with Crippen molar-refractivity contribution in [1.82, 2.24) is 14.7 Å². The molecule has 1 aliphatic carbocycles. The number of aromatic nitrogens is 3. The van der Waals surface area contributed by atoms with E-state index in [-0.39, 0.29) is 29.0 Å². The molecule has 8 heteroatoms. The second kappa shape index (κ2) is 7.20. The number of aryl methyl sites for hydroxylation is 1. The Morgan fingerprint density at radius 3 is 2.71 bits per heavy atom. The van der Waals surface area contributed by atoms with E-state index in [1.54, 1.807) is 38.4 Å².